The molecule has 0 spiro atoms. The van der Waals surface area contributed by atoms with E-state index >= 15 is 0 Å². The lowest BCUT2D eigenvalue weighted by atomic mass is 9.81. The highest BCUT2D eigenvalue weighted by atomic mass is 16.6. The lowest BCUT2D eigenvalue weighted by Gasteiger charge is -2.42. The fourth-order valence-electron chi connectivity index (χ4n) is 1.92. The van der Waals surface area contributed by atoms with Crippen molar-refractivity contribution in [3.63, 3.8) is 0 Å². The molecule has 4 N–H and O–H groups in total. The van der Waals surface area contributed by atoms with Gasteiger partial charge in [0.1, 0.15) is 12.2 Å². The van der Waals surface area contributed by atoms with Crippen molar-refractivity contribution >= 4 is 0 Å². The molecule has 0 aliphatic carbocycles. The van der Waals surface area contributed by atoms with Crippen LogP contribution in [0.4, 0.5) is 0 Å². The summed E-state index contributed by atoms with van der Waals surface area (Å²) in [5.74, 6) is -0.469. The van der Waals surface area contributed by atoms with Crippen LogP contribution in [0, 0.1) is 11.8 Å². The lowest BCUT2D eigenvalue weighted by molar-refractivity contribution is -0.279. The highest BCUT2D eigenvalue weighted by molar-refractivity contribution is 4.89. The fourth-order valence-corrected chi connectivity index (χ4v) is 1.92. The molecule has 84 valence electrons. The van der Waals surface area contributed by atoms with Gasteiger partial charge in [-0.05, 0) is 5.92 Å². The Balaban J connectivity index is 2.78. The maximum absolute atomic E-state index is 9.73. The van der Waals surface area contributed by atoms with E-state index in [2.05, 4.69) is 0 Å². The quantitative estimate of drug-likeness (QED) is 0.450. The normalized spacial score (nSPS) is 44.4. The van der Waals surface area contributed by atoms with Gasteiger partial charge in [0.25, 0.3) is 0 Å². The summed E-state index contributed by atoms with van der Waals surface area (Å²) < 4.78 is 4.85. The zero-order valence-corrected chi connectivity index (χ0v) is 8.37. The summed E-state index contributed by atoms with van der Waals surface area (Å²) >= 11 is 0. The first kappa shape index (κ1) is 11.9. The number of aliphatic hydroxyl groups is 4. The van der Waals surface area contributed by atoms with Crippen LogP contribution in [-0.2, 0) is 4.74 Å². The monoisotopic (exact) mass is 206 g/mol. The van der Waals surface area contributed by atoms with E-state index in [0.29, 0.717) is 0 Å². The molecule has 0 aromatic carbocycles. The van der Waals surface area contributed by atoms with Crippen LogP contribution in [0.2, 0.25) is 0 Å². The van der Waals surface area contributed by atoms with Crippen molar-refractivity contribution in [1.29, 1.82) is 0 Å². The Bertz CT molecular complexity index is 184. The number of rotatable bonds is 2. The van der Waals surface area contributed by atoms with Gasteiger partial charge in [0.05, 0.1) is 12.7 Å². The van der Waals surface area contributed by atoms with Gasteiger partial charge in [-0.15, -0.1) is 0 Å². The van der Waals surface area contributed by atoms with E-state index in [0.717, 1.165) is 0 Å². The minimum atomic E-state index is -1.33. The molecule has 0 bridgehead atoms. The molecule has 5 nitrogen and oxygen atoms in total. The van der Waals surface area contributed by atoms with Crippen LogP contribution in [0.15, 0.2) is 0 Å². The molecule has 14 heavy (non-hydrogen) atoms. The summed E-state index contributed by atoms with van der Waals surface area (Å²) in [6.07, 6.45) is -4.20. The first-order valence-corrected chi connectivity index (χ1v) is 4.79. The van der Waals surface area contributed by atoms with E-state index in [1.165, 1.54) is 0 Å². The second-order valence-electron chi connectivity index (χ2n) is 4.05. The van der Waals surface area contributed by atoms with Gasteiger partial charge in [0.15, 0.2) is 6.29 Å². The molecule has 0 aromatic heterocycles. The summed E-state index contributed by atoms with van der Waals surface area (Å²) in [5.41, 5.74) is 0. The molecule has 5 heteroatoms. The van der Waals surface area contributed by atoms with Gasteiger partial charge in [-0.1, -0.05) is 13.8 Å². The summed E-state index contributed by atoms with van der Waals surface area (Å²) in [4.78, 5) is 0. The average molecular weight is 206 g/mol. The van der Waals surface area contributed by atoms with E-state index in [9.17, 15) is 15.3 Å². The molecule has 5 unspecified atom stereocenters. The predicted octanol–water partition coefficient (Wildman–Crippen LogP) is -1.31. The van der Waals surface area contributed by atoms with E-state index in [1.54, 1.807) is 0 Å². The third-order valence-electron chi connectivity index (χ3n) is 2.73. The van der Waals surface area contributed by atoms with Crippen molar-refractivity contribution in [2.75, 3.05) is 6.61 Å². The van der Waals surface area contributed by atoms with Crippen molar-refractivity contribution < 1.29 is 25.2 Å². The molecular formula is C9H18O5. The fraction of sp³-hybridized carbons (Fsp3) is 1.00. The Morgan fingerprint density at radius 3 is 2.14 bits per heavy atom. The summed E-state index contributed by atoms with van der Waals surface area (Å²) in [7, 11) is 0. The van der Waals surface area contributed by atoms with Crippen LogP contribution in [-0.4, -0.2) is 51.6 Å². The third kappa shape index (κ3) is 2.07. The Labute approximate surface area is 82.9 Å². The molecule has 0 aromatic rings. The van der Waals surface area contributed by atoms with E-state index in [4.69, 9.17) is 9.84 Å². The zero-order chi connectivity index (χ0) is 10.9. The van der Waals surface area contributed by atoms with Crippen LogP contribution < -0.4 is 0 Å². The van der Waals surface area contributed by atoms with E-state index in [-0.39, 0.29) is 12.5 Å². The van der Waals surface area contributed by atoms with Gasteiger partial charge in [0, 0.05) is 5.92 Å². The van der Waals surface area contributed by atoms with Crippen molar-refractivity contribution in [3.8, 4) is 0 Å². The van der Waals surface area contributed by atoms with Crippen molar-refractivity contribution in [1.82, 2.24) is 0 Å². The van der Waals surface area contributed by atoms with Crippen molar-refractivity contribution in [2.24, 2.45) is 11.8 Å². The van der Waals surface area contributed by atoms with Gasteiger partial charge < -0.3 is 25.2 Å². The largest absolute Gasteiger partial charge is 0.394 e. The average Bonchev–Trinajstić information content (AvgIpc) is 2.11. The molecule has 1 rings (SSSR count). The first-order valence-electron chi connectivity index (χ1n) is 4.79. The number of ether oxygens (including phenoxy) is 1. The van der Waals surface area contributed by atoms with Crippen LogP contribution in [0.1, 0.15) is 13.8 Å². The molecular weight excluding hydrogens is 188 g/mol. The molecule has 0 radical (unpaired) electrons. The van der Waals surface area contributed by atoms with Gasteiger partial charge >= 0.3 is 0 Å². The standard InChI is InChI=1S/C9H18O5/c1-4(2)6-7(11)5(3-10)14-9(13)8(6)12/h4-13H,3H2,1-2H3. The molecule has 1 fully saturated rings. The highest BCUT2D eigenvalue weighted by Crippen LogP contribution is 2.30. The molecule has 0 saturated carbocycles. The van der Waals surface area contributed by atoms with Crippen LogP contribution in [0.25, 0.3) is 0 Å². The number of hydrogen-bond donors (Lipinski definition) is 4. The summed E-state index contributed by atoms with van der Waals surface area (Å²) in [6, 6.07) is 0. The molecule has 1 aliphatic heterocycles. The van der Waals surface area contributed by atoms with Crippen LogP contribution in [0.5, 0.6) is 0 Å². The Morgan fingerprint density at radius 2 is 1.71 bits per heavy atom. The molecule has 1 heterocycles. The maximum atomic E-state index is 9.73. The van der Waals surface area contributed by atoms with E-state index < -0.39 is 30.5 Å². The zero-order valence-electron chi connectivity index (χ0n) is 8.37. The predicted molar refractivity (Wildman–Crippen MR) is 48.3 cm³/mol. The van der Waals surface area contributed by atoms with Gasteiger partial charge in [-0.3, -0.25) is 0 Å². The highest BCUT2D eigenvalue weighted by Gasteiger charge is 2.44. The van der Waals surface area contributed by atoms with Crippen molar-refractivity contribution in [3.05, 3.63) is 0 Å². The minimum Gasteiger partial charge on any atom is -0.394 e. The minimum absolute atomic E-state index is 0.00704. The lowest BCUT2D eigenvalue weighted by Crippen LogP contribution is -2.56. The molecule has 1 saturated heterocycles. The smallest absolute Gasteiger partial charge is 0.181 e. The van der Waals surface area contributed by atoms with Gasteiger partial charge in [-0.25, -0.2) is 0 Å². The van der Waals surface area contributed by atoms with Crippen molar-refractivity contribution in [2.45, 2.75) is 38.4 Å². The molecule has 5 atom stereocenters. The Hall–Kier alpha value is -0.200. The van der Waals surface area contributed by atoms with E-state index in [1.807, 2.05) is 13.8 Å². The summed E-state index contributed by atoms with van der Waals surface area (Å²) in [6.45, 7) is 3.31. The first-order chi connectivity index (χ1) is 6.49. The van der Waals surface area contributed by atoms with Gasteiger partial charge in [-0.2, -0.15) is 0 Å². The number of aliphatic hydroxyl groups excluding tert-OH is 4. The van der Waals surface area contributed by atoms with Crippen LogP contribution >= 0.6 is 0 Å². The summed E-state index contributed by atoms with van der Waals surface area (Å²) in [5, 5.41) is 37.5. The molecule has 0 amide bonds. The second kappa shape index (κ2) is 4.55. The Morgan fingerprint density at radius 1 is 1.14 bits per heavy atom. The molecule has 1 aliphatic rings. The SMILES string of the molecule is CC(C)C1C(O)C(O)OC(CO)C1O. The van der Waals surface area contributed by atoms with Gasteiger partial charge in [0.2, 0.25) is 0 Å². The number of hydrogen-bond acceptors (Lipinski definition) is 5. The maximum Gasteiger partial charge on any atom is 0.181 e. The van der Waals surface area contributed by atoms with Crippen LogP contribution in [0.3, 0.4) is 0 Å². The third-order valence-corrected chi connectivity index (χ3v) is 2.73. The Kier molecular flexibility index (Phi) is 3.86. The second-order valence-corrected chi connectivity index (χ2v) is 4.05. The topological polar surface area (TPSA) is 90.2 Å².